The zero-order valence-electron chi connectivity index (χ0n) is 11.6. The molecule has 0 nitrogen and oxygen atoms in total. The van der Waals surface area contributed by atoms with Gasteiger partial charge < -0.3 is 0 Å². The van der Waals surface area contributed by atoms with Gasteiger partial charge in [0.15, 0.2) is 0 Å². The van der Waals surface area contributed by atoms with Crippen LogP contribution in [0.1, 0.15) is 40.2 Å². The highest BCUT2D eigenvalue weighted by Crippen LogP contribution is 2.70. The van der Waals surface area contributed by atoms with Crippen molar-refractivity contribution in [1.29, 1.82) is 0 Å². The van der Waals surface area contributed by atoms with Crippen molar-refractivity contribution < 1.29 is 0 Å². The summed E-state index contributed by atoms with van der Waals surface area (Å²) in [4.78, 5) is 0. The first-order valence-corrected chi connectivity index (χ1v) is 6.26. The first kappa shape index (κ1) is 12.2. The van der Waals surface area contributed by atoms with Crippen LogP contribution in [0.25, 0.3) is 5.57 Å². The first-order chi connectivity index (χ1) is 7.80. The molecule has 1 fully saturated rings. The molecule has 0 bridgehead atoms. The van der Waals surface area contributed by atoms with E-state index in [9.17, 15) is 0 Å². The van der Waals surface area contributed by atoms with Gasteiger partial charge in [-0.1, -0.05) is 70.2 Å². The molecule has 0 N–H and O–H groups in total. The second-order valence-corrected chi connectivity index (χ2v) is 6.15. The molecule has 0 saturated heterocycles. The van der Waals surface area contributed by atoms with Gasteiger partial charge in [0.05, 0.1) is 0 Å². The highest BCUT2D eigenvalue weighted by molar-refractivity contribution is 5.85. The molecule has 0 radical (unpaired) electrons. The Kier molecular flexibility index (Phi) is 2.57. The van der Waals surface area contributed by atoms with Gasteiger partial charge in [-0.15, -0.1) is 0 Å². The second-order valence-electron chi connectivity index (χ2n) is 6.15. The fourth-order valence-corrected chi connectivity index (χ4v) is 2.87. The maximum absolute atomic E-state index is 4.17. The Labute approximate surface area is 105 Å². The summed E-state index contributed by atoms with van der Waals surface area (Å²) in [6.07, 6.45) is 0. The smallest absolute Gasteiger partial charge is 0.00408 e. The van der Waals surface area contributed by atoms with E-state index in [-0.39, 0.29) is 10.8 Å². The van der Waals surface area contributed by atoms with Gasteiger partial charge in [-0.3, -0.25) is 0 Å². The van der Waals surface area contributed by atoms with E-state index in [1.807, 2.05) is 0 Å². The van der Waals surface area contributed by atoms with Crippen molar-refractivity contribution in [3.63, 3.8) is 0 Å². The van der Waals surface area contributed by atoms with Crippen LogP contribution < -0.4 is 0 Å². The van der Waals surface area contributed by atoms with E-state index < -0.39 is 0 Å². The van der Waals surface area contributed by atoms with E-state index in [0.717, 1.165) is 0 Å². The molecule has 1 aliphatic rings. The summed E-state index contributed by atoms with van der Waals surface area (Å²) in [7, 11) is 0. The van der Waals surface area contributed by atoms with Crippen molar-refractivity contribution in [2.75, 3.05) is 0 Å². The number of benzene rings is 1. The third-order valence-electron chi connectivity index (χ3n) is 4.49. The Morgan fingerprint density at radius 2 is 1.41 bits per heavy atom. The van der Waals surface area contributed by atoms with Crippen molar-refractivity contribution in [3.05, 3.63) is 53.6 Å². The van der Waals surface area contributed by atoms with Crippen LogP contribution in [0, 0.1) is 10.8 Å². The molecule has 0 aliphatic heterocycles. The Balaban J connectivity index is 2.62. The fourth-order valence-electron chi connectivity index (χ4n) is 2.87. The molecule has 0 atom stereocenters. The zero-order valence-corrected chi connectivity index (χ0v) is 11.6. The molecule has 0 heteroatoms. The minimum absolute atomic E-state index is 0.289. The molecule has 0 heterocycles. The molecule has 0 unspecified atom stereocenters. The lowest BCUT2D eigenvalue weighted by molar-refractivity contribution is 0.457. The average Bonchev–Trinajstić information content (AvgIpc) is 2.63. The Morgan fingerprint density at radius 3 is 1.76 bits per heavy atom. The highest BCUT2D eigenvalue weighted by Gasteiger charge is 2.61. The lowest BCUT2D eigenvalue weighted by atomic mass is 9.96. The Bertz CT molecular complexity index is 468. The van der Waals surface area contributed by atoms with Gasteiger partial charge >= 0.3 is 0 Å². The summed E-state index contributed by atoms with van der Waals surface area (Å²) in [5.41, 5.74) is 5.96. The summed E-state index contributed by atoms with van der Waals surface area (Å²) in [6.45, 7) is 15.6. The molecule has 1 aromatic carbocycles. The predicted octanol–water partition coefficient (Wildman–Crippen LogP) is 5.08. The quantitative estimate of drug-likeness (QED) is 0.659. The SMILES string of the molecule is C=C(C)C(=C1C(C)(C)C1(C)C)c1ccccc1. The van der Waals surface area contributed by atoms with Crippen molar-refractivity contribution in [3.8, 4) is 0 Å². The lowest BCUT2D eigenvalue weighted by Gasteiger charge is -2.08. The fraction of sp³-hybridized carbons (Fsp3) is 0.412. The maximum atomic E-state index is 4.17. The van der Waals surface area contributed by atoms with Gasteiger partial charge in [-0.25, -0.2) is 0 Å². The van der Waals surface area contributed by atoms with Crippen LogP contribution in [0.15, 0.2) is 48.1 Å². The average molecular weight is 226 g/mol. The van der Waals surface area contributed by atoms with Gasteiger partial charge in [0.1, 0.15) is 0 Å². The van der Waals surface area contributed by atoms with E-state index in [4.69, 9.17) is 0 Å². The highest BCUT2D eigenvalue weighted by atomic mass is 14.6. The van der Waals surface area contributed by atoms with Crippen molar-refractivity contribution in [2.45, 2.75) is 34.6 Å². The molecule has 1 aliphatic carbocycles. The van der Waals surface area contributed by atoms with Crippen LogP contribution in [0.2, 0.25) is 0 Å². The van der Waals surface area contributed by atoms with Crippen molar-refractivity contribution >= 4 is 5.57 Å². The third-order valence-corrected chi connectivity index (χ3v) is 4.49. The van der Waals surface area contributed by atoms with E-state index in [1.165, 1.54) is 16.7 Å². The van der Waals surface area contributed by atoms with Crippen molar-refractivity contribution in [2.24, 2.45) is 10.8 Å². The Hall–Kier alpha value is -1.30. The number of hydrogen-bond donors (Lipinski definition) is 0. The van der Waals surface area contributed by atoms with Crippen LogP contribution in [0.3, 0.4) is 0 Å². The minimum Gasteiger partial charge on any atom is -0.0955 e. The largest absolute Gasteiger partial charge is 0.0955 e. The van der Waals surface area contributed by atoms with Gasteiger partial charge in [0, 0.05) is 0 Å². The molecule has 0 amide bonds. The summed E-state index contributed by atoms with van der Waals surface area (Å²) >= 11 is 0. The summed E-state index contributed by atoms with van der Waals surface area (Å²) in [5.74, 6) is 0. The standard InChI is InChI=1S/C17H22/c1-12(2)14(13-10-8-7-9-11-13)15-16(3,4)17(15,5)6/h7-11H,1H2,2-6H3. The maximum Gasteiger partial charge on any atom is -0.00408 e. The molecular formula is C17H22. The predicted molar refractivity (Wildman–Crippen MR) is 75.7 cm³/mol. The number of rotatable bonds is 2. The molecular weight excluding hydrogens is 204 g/mol. The van der Waals surface area contributed by atoms with E-state index in [2.05, 4.69) is 71.5 Å². The van der Waals surface area contributed by atoms with Crippen LogP contribution in [0.5, 0.6) is 0 Å². The normalized spacial score (nSPS) is 19.9. The summed E-state index contributed by atoms with van der Waals surface area (Å²) in [6, 6.07) is 10.6. The molecule has 2 rings (SSSR count). The molecule has 0 spiro atoms. The topological polar surface area (TPSA) is 0 Å². The van der Waals surface area contributed by atoms with Gasteiger partial charge in [-0.05, 0) is 34.5 Å². The van der Waals surface area contributed by atoms with E-state index in [1.54, 1.807) is 5.57 Å². The van der Waals surface area contributed by atoms with E-state index in [0.29, 0.717) is 0 Å². The monoisotopic (exact) mass is 226 g/mol. The van der Waals surface area contributed by atoms with Crippen LogP contribution in [-0.4, -0.2) is 0 Å². The first-order valence-electron chi connectivity index (χ1n) is 6.26. The van der Waals surface area contributed by atoms with Crippen LogP contribution in [0.4, 0.5) is 0 Å². The molecule has 17 heavy (non-hydrogen) atoms. The lowest BCUT2D eigenvalue weighted by Crippen LogP contribution is -1.95. The summed E-state index contributed by atoms with van der Waals surface area (Å²) < 4.78 is 0. The number of allylic oxidation sites excluding steroid dienone is 3. The van der Waals surface area contributed by atoms with E-state index >= 15 is 0 Å². The van der Waals surface area contributed by atoms with Gasteiger partial charge in [0.2, 0.25) is 0 Å². The van der Waals surface area contributed by atoms with Crippen molar-refractivity contribution in [1.82, 2.24) is 0 Å². The molecule has 90 valence electrons. The molecule has 1 saturated carbocycles. The minimum atomic E-state index is 0.289. The van der Waals surface area contributed by atoms with Gasteiger partial charge in [0.25, 0.3) is 0 Å². The zero-order chi connectivity index (χ0) is 12.8. The summed E-state index contributed by atoms with van der Waals surface area (Å²) in [5, 5.41) is 0. The second kappa shape index (κ2) is 3.60. The number of hydrogen-bond acceptors (Lipinski definition) is 0. The molecule has 1 aromatic rings. The molecule has 0 aromatic heterocycles. The van der Waals surface area contributed by atoms with Gasteiger partial charge in [-0.2, -0.15) is 0 Å². The third kappa shape index (κ3) is 1.67. The Morgan fingerprint density at radius 1 is 0.941 bits per heavy atom. The van der Waals surface area contributed by atoms with Crippen LogP contribution in [-0.2, 0) is 0 Å². The van der Waals surface area contributed by atoms with Crippen LogP contribution >= 0.6 is 0 Å².